The van der Waals surface area contributed by atoms with E-state index in [1.807, 2.05) is 37.5 Å². The molecule has 0 unspecified atom stereocenters. The van der Waals surface area contributed by atoms with Crippen molar-refractivity contribution in [1.82, 2.24) is 14.7 Å². The molecular weight excluding hydrogens is 254 g/mol. The van der Waals surface area contributed by atoms with E-state index in [9.17, 15) is 4.79 Å². The number of carbonyl (C=O) groups is 1. The zero-order valence-electron chi connectivity index (χ0n) is 12.0. The molecule has 5 nitrogen and oxygen atoms in total. The van der Waals surface area contributed by atoms with Crippen molar-refractivity contribution in [3.05, 3.63) is 53.3 Å². The molecule has 0 aliphatic rings. The van der Waals surface area contributed by atoms with E-state index >= 15 is 0 Å². The molecule has 2 aromatic rings. The van der Waals surface area contributed by atoms with Gasteiger partial charge in [0.05, 0.1) is 12.8 Å². The van der Waals surface area contributed by atoms with Crippen LogP contribution in [0.15, 0.2) is 36.7 Å². The Labute approximate surface area is 118 Å². The molecule has 0 fully saturated rings. The van der Waals surface area contributed by atoms with Crippen molar-refractivity contribution in [3.63, 3.8) is 0 Å². The third-order valence-corrected chi connectivity index (χ3v) is 3.01. The summed E-state index contributed by atoms with van der Waals surface area (Å²) in [7, 11) is 5.29. The molecule has 0 atom stereocenters. The van der Waals surface area contributed by atoms with Gasteiger partial charge in [-0.05, 0) is 17.7 Å². The second-order valence-corrected chi connectivity index (χ2v) is 4.82. The van der Waals surface area contributed by atoms with E-state index in [2.05, 4.69) is 5.10 Å². The lowest BCUT2D eigenvalue weighted by atomic mass is 10.1. The average molecular weight is 273 g/mol. The summed E-state index contributed by atoms with van der Waals surface area (Å²) in [5.74, 6) is -0.00759. The molecule has 0 aliphatic carbocycles. The quantitative estimate of drug-likeness (QED) is 0.835. The van der Waals surface area contributed by atoms with E-state index in [0.29, 0.717) is 18.7 Å². The molecule has 5 heteroatoms. The first kappa shape index (κ1) is 14.3. The summed E-state index contributed by atoms with van der Waals surface area (Å²) >= 11 is 0. The normalized spacial score (nSPS) is 10.6. The monoisotopic (exact) mass is 273 g/mol. The van der Waals surface area contributed by atoms with Gasteiger partial charge < -0.3 is 9.64 Å². The van der Waals surface area contributed by atoms with Crippen molar-refractivity contribution in [2.75, 3.05) is 14.2 Å². The van der Waals surface area contributed by atoms with Gasteiger partial charge in [-0.25, -0.2) is 0 Å². The predicted molar refractivity (Wildman–Crippen MR) is 76.2 cm³/mol. The number of rotatable bonds is 5. The molecular formula is C15H19N3O2. The summed E-state index contributed by atoms with van der Waals surface area (Å²) in [5.41, 5.74) is 2.68. The lowest BCUT2D eigenvalue weighted by molar-refractivity contribution is 0.0784. The number of nitrogens with zero attached hydrogens (tertiary/aromatic N) is 3. The Hall–Kier alpha value is -2.14. The van der Waals surface area contributed by atoms with Gasteiger partial charge >= 0.3 is 0 Å². The van der Waals surface area contributed by atoms with Crippen molar-refractivity contribution in [2.24, 2.45) is 7.05 Å². The van der Waals surface area contributed by atoms with Gasteiger partial charge in [-0.1, -0.05) is 12.1 Å². The summed E-state index contributed by atoms with van der Waals surface area (Å²) in [6.45, 7) is 1.05. The van der Waals surface area contributed by atoms with Gasteiger partial charge in [-0.2, -0.15) is 5.10 Å². The number of amides is 1. The number of aryl methyl sites for hydroxylation is 1. The molecule has 0 saturated carbocycles. The van der Waals surface area contributed by atoms with Crippen LogP contribution < -0.4 is 0 Å². The lowest BCUT2D eigenvalue weighted by Crippen LogP contribution is -2.26. The molecule has 1 heterocycles. The minimum atomic E-state index is -0.00759. The van der Waals surface area contributed by atoms with Gasteiger partial charge in [-0.3, -0.25) is 9.48 Å². The Morgan fingerprint density at radius 1 is 1.40 bits per heavy atom. The number of carbonyl (C=O) groups excluding carboxylic acids is 1. The Morgan fingerprint density at radius 2 is 2.20 bits per heavy atom. The maximum Gasteiger partial charge on any atom is 0.253 e. The maximum absolute atomic E-state index is 12.4. The van der Waals surface area contributed by atoms with Gasteiger partial charge in [-0.15, -0.1) is 0 Å². The van der Waals surface area contributed by atoms with E-state index in [1.165, 1.54) is 0 Å². The SMILES string of the molecule is COCc1cccc(C(=O)N(C)Cc2cnn(C)c2)c1. The molecule has 0 saturated heterocycles. The van der Waals surface area contributed by atoms with Crippen molar-refractivity contribution in [1.29, 1.82) is 0 Å². The van der Waals surface area contributed by atoms with Crippen LogP contribution in [0.1, 0.15) is 21.5 Å². The minimum absolute atomic E-state index is 0.00759. The number of hydrogen-bond acceptors (Lipinski definition) is 3. The second kappa shape index (κ2) is 6.34. The number of methoxy groups -OCH3 is 1. The van der Waals surface area contributed by atoms with Crippen LogP contribution in [-0.2, 0) is 24.9 Å². The van der Waals surface area contributed by atoms with Gasteiger partial charge in [0.2, 0.25) is 0 Å². The van der Waals surface area contributed by atoms with Crippen LogP contribution in [0.4, 0.5) is 0 Å². The fourth-order valence-electron chi connectivity index (χ4n) is 2.08. The molecule has 2 rings (SSSR count). The number of hydrogen-bond donors (Lipinski definition) is 0. The number of ether oxygens (including phenoxy) is 1. The van der Waals surface area contributed by atoms with E-state index in [1.54, 1.807) is 29.9 Å². The third kappa shape index (κ3) is 3.45. The molecule has 1 aromatic heterocycles. The fourth-order valence-corrected chi connectivity index (χ4v) is 2.08. The van der Waals surface area contributed by atoms with Crippen LogP contribution >= 0.6 is 0 Å². The average Bonchev–Trinajstić information content (AvgIpc) is 2.84. The lowest BCUT2D eigenvalue weighted by Gasteiger charge is -2.16. The standard InChI is InChI=1S/C15H19N3O2/c1-17(9-13-8-16-18(2)10-13)15(19)14-6-4-5-12(7-14)11-20-3/h4-8,10H,9,11H2,1-3H3. The molecule has 0 N–H and O–H groups in total. The number of benzene rings is 1. The van der Waals surface area contributed by atoms with Crippen LogP contribution in [0.3, 0.4) is 0 Å². The van der Waals surface area contributed by atoms with Gasteiger partial charge in [0.1, 0.15) is 0 Å². The van der Waals surface area contributed by atoms with Crippen LogP contribution in [0.25, 0.3) is 0 Å². The summed E-state index contributed by atoms with van der Waals surface area (Å²) < 4.78 is 6.81. The molecule has 0 spiro atoms. The first-order chi connectivity index (χ1) is 9.60. The van der Waals surface area contributed by atoms with Crippen molar-refractivity contribution >= 4 is 5.91 Å². The van der Waals surface area contributed by atoms with Crippen LogP contribution in [0.2, 0.25) is 0 Å². The van der Waals surface area contributed by atoms with E-state index in [4.69, 9.17) is 4.74 Å². The first-order valence-corrected chi connectivity index (χ1v) is 6.41. The Morgan fingerprint density at radius 3 is 2.85 bits per heavy atom. The van der Waals surface area contributed by atoms with Crippen LogP contribution in [0.5, 0.6) is 0 Å². The summed E-state index contributed by atoms with van der Waals surface area (Å²) in [6, 6.07) is 7.51. The van der Waals surface area contributed by atoms with Crippen molar-refractivity contribution < 1.29 is 9.53 Å². The Kier molecular flexibility index (Phi) is 4.53. The van der Waals surface area contributed by atoms with Gasteiger partial charge in [0.15, 0.2) is 0 Å². The molecule has 0 aliphatic heterocycles. The second-order valence-electron chi connectivity index (χ2n) is 4.82. The highest BCUT2D eigenvalue weighted by Crippen LogP contribution is 2.11. The molecule has 0 radical (unpaired) electrons. The maximum atomic E-state index is 12.4. The summed E-state index contributed by atoms with van der Waals surface area (Å²) in [4.78, 5) is 14.1. The fraction of sp³-hybridized carbons (Fsp3) is 0.333. The molecule has 106 valence electrons. The Balaban J connectivity index is 2.07. The van der Waals surface area contributed by atoms with E-state index in [0.717, 1.165) is 11.1 Å². The highest BCUT2D eigenvalue weighted by molar-refractivity contribution is 5.94. The molecule has 1 aromatic carbocycles. The highest BCUT2D eigenvalue weighted by Gasteiger charge is 2.13. The van der Waals surface area contributed by atoms with Crippen LogP contribution in [0, 0.1) is 0 Å². The minimum Gasteiger partial charge on any atom is -0.380 e. The zero-order valence-corrected chi connectivity index (χ0v) is 12.0. The van der Waals surface area contributed by atoms with Gasteiger partial charge in [0.25, 0.3) is 5.91 Å². The summed E-state index contributed by atoms with van der Waals surface area (Å²) in [5, 5.41) is 4.10. The zero-order chi connectivity index (χ0) is 14.5. The highest BCUT2D eigenvalue weighted by atomic mass is 16.5. The third-order valence-electron chi connectivity index (χ3n) is 3.01. The van der Waals surface area contributed by atoms with Gasteiger partial charge in [0, 0.05) is 45.1 Å². The Bertz CT molecular complexity index is 592. The largest absolute Gasteiger partial charge is 0.380 e. The molecule has 0 bridgehead atoms. The smallest absolute Gasteiger partial charge is 0.253 e. The predicted octanol–water partition coefficient (Wildman–Crippen LogP) is 1.84. The molecule has 1 amide bonds. The van der Waals surface area contributed by atoms with E-state index in [-0.39, 0.29) is 5.91 Å². The number of aromatic nitrogens is 2. The topological polar surface area (TPSA) is 47.4 Å². The van der Waals surface area contributed by atoms with Crippen molar-refractivity contribution in [2.45, 2.75) is 13.2 Å². The van der Waals surface area contributed by atoms with E-state index < -0.39 is 0 Å². The first-order valence-electron chi connectivity index (χ1n) is 6.41. The van der Waals surface area contributed by atoms with Crippen molar-refractivity contribution in [3.8, 4) is 0 Å². The molecule has 20 heavy (non-hydrogen) atoms. The summed E-state index contributed by atoms with van der Waals surface area (Å²) in [6.07, 6.45) is 3.68. The van der Waals surface area contributed by atoms with Crippen LogP contribution in [-0.4, -0.2) is 34.7 Å².